The molecular formula is C13H23N3O2. The molecule has 1 aromatic heterocycles. The van der Waals surface area contributed by atoms with Gasteiger partial charge in [0.05, 0.1) is 13.2 Å². The maximum atomic E-state index is 11.9. The number of nitrogens with two attached hydrogens (primary N) is 1. The van der Waals surface area contributed by atoms with Gasteiger partial charge in [-0.1, -0.05) is 20.3 Å². The van der Waals surface area contributed by atoms with E-state index in [1.165, 1.54) is 0 Å². The van der Waals surface area contributed by atoms with Crippen molar-refractivity contribution in [2.24, 2.45) is 5.73 Å². The van der Waals surface area contributed by atoms with Crippen molar-refractivity contribution < 1.29 is 9.53 Å². The molecule has 0 fully saturated rings. The second-order valence-corrected chi connectivity index (χ2v) is 4.11. The van der Waals surface area contributed by atoms with Crippen LogP contribution in [0.1, 0.15) is 48.9 Å². The van der Waals surface area contributed by atoms with Crippen LogP contribution in [-0.4, -0.2) is 28.9 Å². The minimum absolute atomic E-state index is 0.327. The van der Waals surface area contributed by atoms with E-state index in [2.05, 4.69) is 18.9 Å². The number of nitrogens with zero attached hydrogens (tertiary/aromatic N) is 2. The van der Waals surface area contributed by atoms with E-state index in [0.717, 1.165) is 30.5 Å². The maximum Gasteiger partial charge on any atom is 0.359 e. The molecule has 1 rings (SSSR count). The van der Waals surface area contributed by atoms with E-state index < -0.39 is 0 Å². The van der Waals surface area contributed by atoms with Gasteiger partial charge in [0, 0.05) is 17.8 Å². The summed E-state index contributed by atoms with van der Waals surface area (Å²) in [6, 6.07) is 0. The van der Waals surface area contributed by atoms with Crippen molar-refractivity contribution in [2.75, 3.05) is 13.2 Å². The van der Waals surface area contributed by atoms with Crippen LogP contribution in [0, 0.1) is 0 Å². The quantitative estimate of drug-likeness (QED) is 0.748. The number of carbonyl (C=O) groups excluding carboxylic acids is 1. The van der Waals surface area contributed by atoms with Gasteiger partial charge in [-0.15, -0.1) is 0 Å². The van der Waals surface area contributed by atoms with E-state index in [9.17, 15) is 4.79 Å². The number of hydrogen-bond donors (Lipinski definition) is 1. The molecule has 0 bridgehead atoms. The first kappa shape index (κ1) is 14.7. The fraction of sp³-hybridized carbons (Fsp3) is 0.692. The molecule has 0 amide bonds. The summed E-state index contributed by atoms with van der Waals surface area (Å²) in [7, 11) is 0. The highest BCUT2D eigenvalue weighted by atomic mass is 16.5. The third-order valence-corrected chi connectivity index (χ3v) is 2.81. The van der Waals surface area contributed by atoms with Gasteiger partial charge in [-0.3, -0.25) is 4.68 Å². The Morgan fingerprint density at radius 2 is 2.11 bits per heavy atom. The Balaban J connectivity index is 3.17. The first-order valence-electron chi connectivity index (χ1n) is 6.65. The smallest absolute Gasteiger partial charge is 0.359 e. The molecule has 0 spiro atoms. The summed E-state index contributed by atoms with van der Waals surface area (Å²) in [5.74, 6) is -0.327. The number of ether oxygens (including phenoxy) is 1. The minimum atomic E-state index is -0.327. The lowest BCUT2D eigenvalue weighted by Crippen LogP contribution is -2.14. The van der Waals surface area contributed by atoms with Gasteiger partial charge in [-0.05, 0) is 19.8 Å². The van der Waals surface area contributed by atoms with Crippen molar-refractivity contribution in [3.63, 3.8) is 0 Å². The lowest BCUT2D eigenvalue weighted by atomic mass is 10.1. The fourth-order valence-electron chi connectivity index (χ4n) is 2.11. The molecule has 0 radical (unpaired) electrons. The molecule has 0 aromatic carbocycles. The number of esters is 1. The largest absolute Gasteiger partial charge is 0.461 e. The third kappa shape index (κ3) is 3.10. The number of rotatable bonds is 7. The summed E-state index contributed by atoms with van der Waals surface area (Å²) in [6.45, 7) is 7.49. The molecule has 2 N–H and O–H groups in total. The van der Waals surface area contributed by atoms with Gasteiger partial charge in [-0.2, -0.15) is 5.10 Å². The van der Waals surface area contributed by atoms with Gasteiger partial charge >= 0.3 is 5.97 Å². The van der Waals surface area contributed by atoms with E-state index >= 15 is 0 Å². The topological polar surface area (TPSA) is 70.1 Å². The lowest BCUT2D eigenvalue weighted by molar-refractivity contribution is 0.0517. The van der Waals surface area contributed by atoms with Gasteiger partial charge < -0.3 is 10.5 Å². The molecule has 18 heavy (non-hydrogen) atoms. The molecule has 1 aromatic rings. The summed E-state index contributed by atoms with van der Waals surface area (Å²) in [4.78, 5) is 11.9. The zero-order valence-corrected chi connectivity index (χ0v) is 11.5. The van der Waals surface area contributed by atoms with Crippen molar-refractivity contribution in [3.8, 4) is 0 Å². The van der Waals surface area contributed by atoms with Gasteiger partial charge in [-0.25, -0.2) is 4.79 Å². The molecule has 5 nitrogen and oxygen atoms in total. The third-order valence-electron chi connectivity index (χ3n) is 2.81. The van der Waals surface area contributed by atoms with Crippen molar-refractivity contribution in [2.45, 2.75) is 46.6 Å². The summed E-state index contributed by atoms with van der Waals surface area (Å²) >= 11 is 0. The minimum Gasteiger partial charge on any atom is -0.461 e. The van der Waals surface area contributed by atoms with E-state index in [1.807, 2.05) is 4.68 Å². The van der Waals surface area contributed by atoms with Crippen LogP contribution < -0.4 is 5.73 Å². The fourth-order valence-corrected chi connectivity index (χ4v) is 2.11. The van der Waals surface area contributed by atoms with Crippen LogP contribution >= 0.6 is 0 Å². The SMILES string of the molecule is CCCc1c(C(=O)OCC)nn(CCN)c1CC. The van der Waals surface area contributed by atoms with Crippen LogP contribution in [0.25, 0.3) is 0 Å². The lowest BCUT2D eigenvalue weighted by Gasteiger charge is -2.05. The van der Waals surface area contributed by atoms with Gasteiger partial charge in [0.15, 0.2) is 5.69 Å². The van der Waals surface area contributed by atoms with Gasteiger partial charge in [0.2, 0.25) is 0 Å². The molecule has 5 heteroatoms. The highest BCUT2D eigenvalue weighted by Crippen LogP contribution is 2.18. The van der Waals surface area contributed by atoms with Crippen molar-refractivity contribution >= 4 is 5.97 Å². The summed E-state index contributed by atoms with van der Waals surface area (Å²) in [5, 5.41) is 4.37. The monoisotopic (exact) mass is 253 g/mol. The van der Waals surface area contributed by atoms with Gasteiger partial charge in [0.1, 0.15) is 0 Å². The molecule has 0 atom stereocenters. The van der Waals surface area contributed by atoms with Crippen molar-refractivity contribution in [1.29, 1.82) is 0 Å². The first-order chi connectivity index (χ1) is 8.69. The second kappa shape index (κ2) is 7.16. The highest BCUT2D eigenvalue weighted by molar-refractivity contribution is 5.89. The molecule has 0 aliphatic rings. The summed E-state index contributed by atoms with van der Waals surface area (Å²) in [6.07, 6.45) is 2.68. The summed E-state index contributed by atoms with van der Waals surface area (Å²) < 4.78 is 6.90. The maximum absolute atomic E-state index is 11.9. The Labute approximate surface area is 108 Å². The average molecular weight is 253 g/mol. The van der Waals surface area contributed by atoms with Crippen LogP contribution in [0.15, 0.2) is 0 Å². The van der Waals surface area contributed by atoms with Gasteiger partial charge in [0.25, 0.3) is 0 Å². The Morgan fingerprint density at radius 3 is 2.61 bits per heavy atom. The van der Waals surface area contributed by atoms with Crippen LogP contribution in [-0.2, 0) is 24.1 Å². The molecular weight excluding hydrogens is 230 g/mol. The average Bonchev–Trinajstić information content (AvgIpc) is 2.69. The molecule has 0 saturated heterocycles. The Hall–Kier alpha value is -1.36. The van der Waals surface area contributed by atoms with Crippen LogP contribution in [0.3, 0.4) is 0 Å². The Kier molecular flexibility index (Phi) is 5.85. The zero-order chi connectivity index (χ0) is 13.5. The molecule has 0 aliphatic heterocycles. The standard InChI is InChI=1S/C13H23N3O2/c1-4-7-10-11(5-2)16(9-8-14)15-12(10)13(17)18-6-3/h4-9,14H2,1-3H3. The van der Waals surface area contributed by atoms with Crippen LogP contribution in [0.5, 0.6) is 0 Å². The first-order valence-corrected chi connectivity index (χ1v) is 6.65. The zero-order valence-electron chi connectivity index (χ0n) is 11.5. The molecule has 0 unspecified atom stereocenters. The van der Waals surface area contributed by atoms with Crippen molar-refractivity contribution in [1.82, 2.24) is 9.78 Å². The van der Waals surface area contributed by atoms with E-state index in [4.69, 9.17) is 10.5 Å². The van der Waals surface area contributed by atoms with Crippen molar-refractivity contribution in [3.05, 3.63) is 17.0 Å². The molecule has 102 valence electrons. The molecule has 1 heterocycles. The normalized spacial score (nSPS) is 10.7. The second-order valence-electron chi connectivity index (χ2n) is 4.11. The number of hydrogen-bond acceptors (Lipinski definition) is 4. The van der Waals surface area contributed by atoms with Crippen LogP contribution in [0.2, 0.25) is 0 Å². The summed E-state index contributed by atoms with van der Waals surface area (Å²) in [5.41, 5.74) is 8.16. The van der Waals surface area contributed by atoms with Crippen LogP contribution in [0.4, 0.5) is 0 Å². The van der Waals surface area contributed by atoms with E-state index in [0.29, 0.717) is 25.4 Å². The Bertz CT molecular complexity index is 399. The predicted molar refractivity (Wildman–Crippen MR) is 70.6 cm³/mol. The Morgan fingerprint density at radius 1 is 1.39 bits per heavy atom. The number of aromatic nitrogens is 2. The highest BCUT2D eigenvalue weighted by Gasteiger charge is 2.21. The molecule has 0 saturated carbocycles. The number of carbonyl (C=O) groups is 1. The molecule has 0 aliphatic carbocycles. The van der Waals surface area contributed by atoms with E-state index in [-0.39, 0.29) is 5.97 Å². The van der Waals surface area contributed by atoms with E-state index in [1.54, 1.807) is 6.92 Å². The predicted octanol–water partition coefficient (Wildman–Crippen LogP) is 1.53.